The lowest BCUT2D eigenvalue weighted by molar-refractivity contribution is -0.128. The van der Waals surface area contributed by atoms with Gasteiger partial charge < -0.3 is 19.7 Å². The minimum atomic E-state index is -0.615. The lowest BCUT2D eigenvalue weighted by atomic mass is 10.2. The summed E-state index contributed by atoms with van der Waals surface area (Å²) >= 11 is 0. The molecule has 0 aliphatic carbocycles. The summed E-state index contributed by atoms with van der Waals surface area (Å²) in [6.45, 7) is 0. The van der Waals surface area contributed by atoms with E-state index in [1.165, 1.54) is 18.2 Å². The second-order valence-electron chi connectivity index (χ2n) is 4.21. The molecule has 0 bridgehead atoms. The Morgan fingerprint density at radius 1 is 1.00 bits per heavy atom. The molecule has 5 heteroatoms. The number of hydrogen-bond donors (Lipinski definition) is 2. The lowest BCUT2D eigenvalue weighted by Gasteiger charge is -2.03. The van der Waals surface area contributed by atoms with E-state index in [9.17, 15) is 15.0 Å². The summed E-state index contributed by atoms with van der Waals surface area (Å²) in [5, 5.41) is 18.6. The first-order valence-electron chi connectivity index (χ1n) is 6.14. The maximum absolute atomic E-state index is 11.6. The van der Waals surface area contributed by atoms with Crippen LogP contribution in [-0.2, 0) is 4.79 Å². The first kappa shape index (κ1) is 14.5. The summed E-state index contributed by atoms with van der Waals surface area (Å²) in [7, 11) is 1.58. The number of carbonyl (C=O) groups is 1. The third-order valence-electron chi connectivity index (χ3n) is 2.62. The number of esters is 1. The van der Waals surface area contributed by atoms with Crippen LogP contribution < -0.4 is 9.47 Å². The molecule has 2 aromatic rings. The number of phenols is 2. The molecule has 0 saturated heterocycles. The molecule has 2 rings (SSSR count). The Bertz CT molecular complexity index is 639. The third kappa shape index (κ3) is 4.28. The van der Waals surface area contributed by atoms with Crippen LogP contribution in [0.3, 0.4) is 0 Å². The van der Waals surface area contributed by atoms with E-state index in [1.54, 1.807) is 37.5 Å². The Labute approximate surface area is 121 Å². The van der Waals surface area contributed by atoms with Crippen molar-refractivity contribution in [2.75, 3.05) is 7.11 Å². The minimum Gasteiger partial charge on any atom is -0.508 e. The van der Waals surface area contributed by atoms with Crippen molar-refractivity contribution in [1.29, 1.82) is 0 Å². The zero-order chi connectivity index (χ0) is 15.2. The van der Waals surface area contributed by atoms with Gasteiger partial charge in [-0.3, -0.25) is 0 Å². The first-order valence-corrected chi connectivity index (χ1v) is 6.14. The highest BCUT2D eigenvalue weighted by Gasteiger charge is 2.04. The van der Waals surface area contributed by atoms with Crippen molar-refractivity contribution < 1.29 is 24.5 Å². The molecule has 2 aromatic carbocycles. The predicted octanol–water partition coefficient (Wildman–Crippen LogP) is 2.73. The van der Waals surface area contributed by atoms with E-state index in [1.807, 2.05) is 0 Å². The van der Waals surface area contributed by atoms with Crippen LogP contribution in [0.25, 0.3) is 6.08 Å². The lowest BCUT2D eigenvalue weighted by Crippen LogP contribution is -2.03. The van der Waals surface area contributed by atoms with E-state index in [0.717, 1.165) is 17.4 Å². The number of hydrogen-bond acceptors (Lipinski definition) is 5. The Morgan fingerprint density at radius 3 is 2.19 bits per heavy atom. The molecule has 0 unspecified atom stereocenters. The fourth-order valence-corrected chi connectivity index (χ4v) is 1.66. The maximum Gasteiger partial charge on any atom is 0.336 e. The molecule has 0 spiro atoms. The summed E-state index contributed by atoms with van der Waals surface area (Å²) in [6.07, 6.45) is 2.84. The zero-order valence-corrected chi connectivity index (χ0v) is 11.3. The van der Waals surface area contributed by atoms with Gasteiger partial charge in [-0.1, -0.05) is 12.1 Å². The van der Waals surface area contributed by atoms with Gasteiger partial charge in [-0.2, -0.15) is 0 Å². The van der Waals surface area contributed by atoms with E-state index in [4.69, 9.17) is 9.47 Å². The Kier molecular flexibility index (Phi) is 4.46. The molecular weight excluding hydrogens is 272 g/mol. The van der Waals surface area contributed by atoms with Crippen LogP contribution in [0.4, 0.5) is 0 Å². The van der Waals surface area contributed by atoms with Crippen molar-refractivity contribution in [2.24, 2.45) is 0 Å². The predicted molar refractivity (Wildman–Crippen MR) is 77.4 cm³/mol. The van der Waals surface area contributed by atoms with Crippen LogP contribution in [0.15, 0.2) is 48.5 Å². The van der Waals surface area contributed by atoms with E-state index in [2.05, 4.69) is 0 Å². The topological polar surface area (TPSA) is 76.0 Å². The van der Waals surface area contributed by atoms with Gasteiger partial charge in [0.05, 0.1) is 7.11 Å². The van der Waals surface area contributed by atoms with Crippen molar-refractivity contribution >= 4 is 12.0 Å². The number of ether oxygens (including phenoxy) is 2. The van der Waals surface area contributed by atoms with Crippen LogP contribution in [-0.4, -0.2) is 23.3 Å². The number of rotatable bonds is 4. The van der Waals surface area contributed by atoms with E-state index in [-0.39, 0.29) is 17.2 Å². The highest BCUT2D eigenvalue weighted by Crippen LogP contribution is 2.25. The highest BCUT2D eigenvalue weighted by molar-refractivity contribution is 5.88. The second kappa shape index (κ2) is 6.47. The number of phenolic OH excluding ortho intramolecular Hbond substituents is 2. The molecule has 0 aromatic heterocycles. The van der Waals surface area contributed by atoms with Gasteiger partial charge in [-0.15, -0.1) is 0 Å². The largest absolute Gasteiger partial charge is 0.508 e. The maximum atomic E-state index is 11.6. The van der Waals surface area contributed by atoms with Gasteiger partial charge in [0.15, 0.2) is 0 Å². The molecule has 21 heavy (non-hydrogen) atoms. The van der Waals surface area contributed by atoms with Crippen LogP contribution in [0.5, 0.6) is 23.0 Å². The minimum absolute atomic E-state index is 0.0666. The second-order valence-corrected chi connectivity index (χ2v) is 4.21. The molecule has 0 saturated carbocycles. The van der Waals surface area contributed by atoms with Crippen LogP contribution in [0, 0.1) is 0 Å². The van der Waals surface area contributed by atoms with Crippen molar-refractivity contribution in [3.05, 3.63) is 54.1 Å². The normalized spacial score (nSPS) is 10.5. The van der Waals surface area contributed by atoms with Crippen LogP contribution in [0.1, 0.15) is 5.56 Å². The number of methoxy groups -OCH3 is 1. The summed E-state index contributed by atoms with van der Waals surface area (Å²) in [5.41, 5.74) is 0.812. The molecule has 0 amide bonds. The quantitative estimate of drug-likeness (QED) is 0.513. The number of aromatic hydroxyl groups is 2. The molecule has 0 radical (unpaired) electrons. The van der Waals surface area contributed by atoms with Crippen molar-refractivity contribution in [1.82, 2.24) is 0 Å². The van der Waals surface area contributed by atoms with E-state index >= 15 is 0 Å². The van der Waals surface area contributed by atoms with E-state index in [0.29, 0.717) is 0 Å². The number of carbonyl (C=O) groups excluding carboxylic acids is 1. The van der Waals surface area contributed by atoms with Gasteiger partial charge in [0.25, 0.3) is 0 Å². The molecule has 0 heterocycles. The van der Waals surface area contributed by atoms with Crippen molar-refractivity contribution in [2.45, 2.75) is 0 Å². The average Bonchev–Trinajstić information content (AvgIpc) is 2.44. The van der Waals surface area contributed by atoms with Gasteiger partial charge in [0, 0.05) is 24.3 Å². The standard InChI is InChI=1S/C16H14O5/c1-20-14-5-2-11(3-6-14)4-7-16(19)21-15-9-12(17)8-13(18)10-15/h2-10,17-18H,1H3/b7-4+. The zero-order valence-electron chi connectivity index (χ0n) is 11.3. The average molecular weight is 286 g/mol. The molecule has 0 fully saturated rings. The molecule has 0 atom stereocenters. The first-order chi connectivity index (χ1) is 10.1. The van der Waals surface area contributed by atoms with Gasteiger partial charge in [0.2, 0.25) is 0 Å². The summed E-state index contributed by atoms with van der Waals surface area (Å²) in [6, 6.07) is 10.8. The van der Waals surface area contributed by atoms with E-state index < -0.39 is 5.97 Å². The molecular formula is C16H14O5. The van der Waals surface area contributed by atoms with Crippen LogP contribution in [0.2, 0.25) is 0 Å². The number of benzene rings is 2. The fourth-order valence-electron chi connectivity index (χ4n) is 1.66. The summed E-state index contributed by atoms with van der Waals surface area (Å²) in [5.74, 6) is -0.188. The monoisotopic (exact) mass is 286 g/mol. The summed E-state index contributed by atoms with van der Waals surface area (Å²) in [4.78, 5) is 11.6. The highest BCUT2D eigenvalue weighted by atomic mass is 16.5. The van der Waals surface area contributed by atoms with Crippen LogP contribution >= 0.6 is 0 Å². The molecule has 108 valence electrons. The molecule has 0 aliphatic heterocycles. The van der Waals surface area contributed by atoms with Gasteiger partial charge in [-0.25, -0.2) is 4.79 Å². The van der Waals surface area contributed by atoms with Crippen molar-refractivity contribution in [3.63, 3.8) is 0 Å². The van der Waals surface area contributed by atoms with Gasteiger partial charge in [0.1, 0.15) is 23.0 Å². The Hall–Kier alpha value is -2.95. The van der Waals surface area contributed by atoms with Gasteiger partial charge in [-0.05, 0) is 23.8 Å². The SMILES string of the molecule is COc1ccc(/C=C/C(=O)Oc2cc(O)cc(O)c2)cc1. The molecule has 5 nitrogen and oxygen atoms in total. The Morgan fingerprint density at radius 2 is 1.62 bits per heavy atom. The summed E-state index contributed by atoms with van der Waals surface area (Å²) < 4.78 is 10.0. The van der Waals surface area contributed by atoms with Crippen molar-refractivity contribution in [3.8, 4) is 23.0 Å². The molecule has 0 aliphatic rings. The smallest absolute Gasteiger partial charge is 0.336 e. The fraction of sp³-hybridized carbons (Fsp3) is 0.0625. The Balaban J connectivity index is 2.01. The van der Waals surface area contributed by atoms with Gasteiger partial charge >= 0.3 is 5.97 Å². The third-order valence-corrected chi connectivity index (χ3v) is 2.62. The molecule has 2 N–H and O–H groups in total.